The molecule has 2 aliphatic carbocycles. The maximum Gasteiger partial charge on any atom is 0.199 e. The van der Waals surface area contributed by atoms with Gasteiger partial charge in [-0.2, -0.15) is 9.65 Å². The van der Waals surface area contributed by atoms with Gasteiger partial charge in [-0.1, -0.05) is 24.3 Å². The van der Waals surface area contributed by atoms with Crippen LogP contribution in [-0.2, 0) is 4.74 Å². The minimum absolute atomic E-state index is 0.170. The first-order valence-electron chi connectivity index (χ1n) is 10.4. The van der Waals surface area contributed by atoms with Gasteiger partial charge >= 0.3 is 0 Å². The highest BCUT2D eigenvalue weighted by Crippen LogP contribution is 2.35. The van der Waals surface area contributed by atoms with Gasteiger partial charge in [0.2, 0.25) is 0 Å². The molecule has 0 saturated heterocycles. The molecule has 2 fully saturated rings. The van der Waals surface area contributed by atoms with E-state index in [1.165, 1.54) is 17.7 Å². The summed E-state index contributed by atoms with van der Waals surface area (Å²) in [6.45, 7) is 0.839. The fourth-order valence-corrected chi connectivity index (χ4v) is 4.45. The molecule has 0 aliphatic heterocycles. The van der Waals surface area contributed by atoms with E-state index < -0.39 is 5.83 Å². The van der Waals surface area contributed by atoms with E-state index >= 15 is 0 Å². The summed E-state index contributed by atoms with van der Waals surface area (Å²) in [5.41, 5.74) is 1.25. The summed E-state index contributed by atoms with van der Waals surface area (Å²) in [4.78, 5) is 0. The highest BCUT2D eigenvalue weighted by Gasteiger charge is 2.25. The largest absolute Gasteiger partial charge is 0.378 e. The molecule has 0 spiro atoms. The molecule has 3 rings (SSSR count). The number of nitriles is 1. The van der Waals surface area contributed by atoms with Crippen molar-refractivity contribution in [1.82, 2.24) is 0 Å². The summed E-state index contributed by atoms with van der Waals surface area (Å²) in [6, 6.07) is 8.42. The van der Waals surface area contributed by atoms with Gasteiger partial charge in [0, 0.05) is 6.61 Å². The van der Waals surface area contributed by atoms with Gasteiger partial charge < -0.3 is 4.74 Å². The van der Waals surface area contributed by atoms with Crippen LogP contribution in [0.15, 0.2) is 48.3 Å². The third-order valence-corrected chi connectivity index (χ3v) is 6.21. The third kappa shape index (κ3) is 6.27. The lowest BCUT2D eigenvalue weighted by atomic mass is 9.81. The quantitative estimate of drug-likeness (QED) is 0.408. The standard InChI is InChI=1S/C24H29F2NO/c25-22-12-8-20(9-13-22)21-10-14-24(15-11-21)28-17-19-6-4-18(5-7-19)2-1-3-23(26)16-27/h1-3,8-9,12-13,18-19,21,24H,4-7,10-11,14-15,17H2/b2-1+,23-3-. The minimum Gasteiger partial charge on any atom is -0.378 e. The number of hydrogen-bond donors (Lipinski definition) is 0. The molecule has 0 aromatic heterocycles. The normalized spacial score (nSPS) is 29.0. The van der Waals surface area contributed by atoms with Gasteiger partial charge in [0.1, 0.15) is 11.9 Å². The van der Waals surface area contributed by atoms with Crippen molar-refractivity contribution in [1.29, 1.82) is 5.26 Å². The summed E-state index contributed by atoms with van der Waals surface area (Å²) in [5.74, 6) is 0.711. The maximum atomic E-state index is 13.1. The van der Waals surface area contributed by atoms with Crippen LogP contribution in [0.1, 0.15) is 62.8 Å². The Morgan fingerprint density at radius 2 is 1.71 bits per heavy atom. The van der Waals surface area contributed by atoms with Crippen molar-refractivity contribution >= 4 is 0 Å². The molecule has 2 aliphatic rings. The number of benzene rings is 1. The van der Waals surface area contributed by atoms with Crippen LogP contribution in [0, 0.1) is 29.0 Å². The smallest absolute Gasteiger partial charge is 0.199 e. The van der Waals surface area contributed by atoms with Crippen LogP contribution >= 0.6 is 0 Å². The zero-order valence-electron chi connectivity index (χ0n) is 16.3. The first-order chi connectivity index (χ1) is 13.6. The molecular weight excluding hydrogens is 356 g/mol. The van der Waals surface area contributed by atoms with Crippen molar-refractivity contribution in [2.75, 3.05) is 6.61 Å². The van der Waals surface area contributed by atoms with E-state index in [2.05, 4.69) is 0 Å². The Morgan fingerprint density at radius 1 is 1.04 bits per heavy atom. The fraction of sp³-hybridized carbons (Fsp3) is 0.542. The maximum absolute atomic E-state index is 13.1. The fourth-order valence-electron chi connectivity index (χ4n) is 4.45. The number of nitrogens with zero attached hydrogens (tertiary/aromatic N) is 1. The van der Waals surface area contributed by atoms with Gasteiger partial charge in [-0.15, -0.1) is 0 Å². The molecule has 0 heterocycles. The number of ether oxygens (including phenoxy) is 1. The van der Waals surface area contributed by atoms with E-state index in [9.17, 15) is 8.78 Å². The Bertz CT molecular complexity index is 703. The van der Waals surface area contributed by atoms with E-state index in [0.29, 0.717) is 23.9 Å². The van der Waals surface area contributed by atoms with Crippen LogP contribution in [0.5, 0.6) is 0 Å². The molecule has 4 heteroatoms. The molecule has 0 N–H and O–H groups in total. The van der Waals surface area contributed by atoms with Gasteiger partial charge in [0.25, 0.3) is 0 Å². The van der Waals surface area contributed by atoms with Gasteiger partial charge in [-0.3, -0.25) is 0 Å². The van der Waals surface area contributed by atoms with Gasteiger partial charge in [0.05, 0.1) is 6.10 Å². The lowest BCUT2D eigenvalue weighted by Crippen LogP contribution is -2.25. The number of hydrogen-bond acceptors (Lipinski definition) is 2. The van der Waals surface area contributed by atoms with Crippen LogP contribution in [0.2, 0.25) is 0 Å². The summed E-state index contributed by atoms with van der Waals surface area (Å²) in [5, 5.41) is 8.40. The lowest BCUT2D eigenvalue weighted by Gasteiger charge is -2.32. The van der Waals surface area contributed by atoms with Crippen LogP contribution < -0.4 is 0 Å². The molecular formula is C24H29F2NO. The zero-order chi connectivity index (χ0) is 19.8. The molecule has 150 valence electrons. The number of rotatable bonds is 6. The minimum atomic E-state index is -0.743. The zero-order valence-corrected chi connectivity index (χ0v) is 16.3. The second-order valence-corrected chi connectivity index (χ2v) is 8.15. The lowest BCUT2D eigenvalue weighted by molar-refractivity contribution is -0.00337. The van der Waals surface area contributed by atoms with E-state index in [1.54, 1.807) is 18.2 Å². The molecule has 0 unspecified atom stereocenters. The average molecular weight is 385 g/mol. The van der Waals surface area contributed by atoms with Crippen molar-refractivity contribution in [2.45, 2.75) is 63.4 Å². The van der Waals surface area contributed by atoms with Crippen LogP contribution in [0.3, 0.4) is 0 Å². The second kappa shape index (κ2) is 10.5. The van der Waals surface area contributed by atoms with Crippen molar-refractivity contribution in [2.24, 2.45) is 11.8 Å². The number of halogens is 2. The van der Waals surface area contributed by atoms with Crippen molar-refractivity contribution in [3.8, 4) is 6.07 Å². The molecule has 0 amide bonds. The van der Waals surface area contributed by atoms with Crippen LogP contribution in [0.25, 0.3) is 0 Å². The molecule has 2 nitrogen and oxygen atoms in total. The SMILES string of the molecule is N#C/C(F)=C/C=C/C1CCC(COC2CCC(c3ccc(F)cc3)CC2)CC1. The van der Waals surface area contributed by atoms with Crippen molar-refractivity contribution in [3.05, 3.63) is 59.7 Å². The van der Waals surface area contributed by atoms with Crippen LogP contribution in [0.4, 0.5) is 8.78 Å². The van der Waals surface area contributed by atoms with Crippen LogP contribution in [-0.4, -0.2) is 12.7 Å². The Balaban J connectivity index is 1.33. The highest BCUT2D eigenvalue weighted by molar-refractivity contribution is 5.21. The Kier molecular flexibility index (Phi) is 7.80. The second-order valence-electron chi connectivity index (χ2n) is 8.15. The first kappa shape index (κ1) is 20.7. The summed E-state index contributed by atoms with van der Waals surface area (Å²) < 4.78 is 32.1. The van der Waals surface area contributed by atoms with E-state index in [-0.39, 0.29) is 5.82 Å². The van der Waals surface area contributed by atoms with Gasteiger partial charge in [-0.25, -0.2) is 4.39 Å². The predicted octanol–water partition coefficient (Wildman–Crippen LogP) is 6.61. The Labute approximate surface area is 166 Å². The van der Waals surface area contributed by atoms with Gasteiger partial charge in [-0.05, 0) is 92.9 Å². The molecule has 28 heavy (non-hydrogen) atoms. The highest BCUT2D eigenvalue weighted by atomic mass is 19.1. The van der Waals surface area contributed by atoms with Crippen molar-refractivity contribution < 1.29 is 13.5 Å². The molecule has 0 bridgehead atoms. The molecule has 0 radical (unpaired) electrons. The Morgan fingerprint density at radius 3 is 2.36 bits per heavy atom. The summed E-state index contributed by atoms with van der Waals surface area (Å²) in [7, 11) is 0. The third-order valence-electron chi connectivity index (χ3n) is 6.21. The average Bonchev–Trinajstić information content (AvgIpc) is 2.74. The van der Waals surface area contributed by atoms with Gasteiger partial charge in [0.15, 0.2) is 5.83 Å². The predicted molar refractivity (Wildman–Crippen MR) is 107 cm³/mol. The van der Waals surface area contributed by atoms with E-state index in [0.717, 1.165) is 58.0 Å². The Hall–Kier alpha value is -1.99. The molecule has 0 atom stereocenters. The number of allylic oxidation sites excluding steroid dienone is 4. The van der Waals surface area contributed by atoms with E-state index in [4.69, 9.17) is 10.00 Å². The summed E-state index contributed by atoms with van der Waals surface area (Å²) >= 11 is 0. The monoisotopic (exact) mass is 385 g/mol. The molecule has 1 aromatic carbocycles. The van der Waals surface area contributed by atoms with E-state index in [1.807, 2.05) is 18.2 Å². The van der Waals surface area contributed by atoms with Crippen molar-refractivity contribution in [3.63, 3.8) is 0 Å². The summed E-state index contributed by atoms with van der Waals surface area (Å²) in [6.07, 6.45) is 14.1. The first-order valence-corrected chi connectivity index (χ1v) is 10.4. The topological polar surface area (TPSA) is 33.0 Å². The molecule has 1 aromatic rings. The molecule has 2 saturated carbocycles.